The molecular weight excluding hydrogens is 374 g/mol. The summed E-state index contributed by atoms with van der Waals surface area (Å²) in [4.78, 5) is 18.8. The van der Waals surface area contributed by atoms with E-state index >= 15 is 0 Å². The van der Waals surface area contributed by atoms with Crippen LogP contribution >= 0.6 is 0 Å². The lowest BCUT2D eigenvalue weighted by Crippen LogP contribution is -2.49. The standard InChI is InChI=1S/C25H31N3O2/c1-20(2)30-25(29)27-18-16-26(17-19-27)14-7-15-28-23-10-5-3-8-21(23)12-13-22-9-4-6-11-24(22)28/h3-6,8-13,20H,7,14-19H2,1-2H3. The van der Waals surface area contributed by atoms with Crippen molar-refractivity contribution in [1.29, 1.82) is 0 Å². The summed E-state index contributed by atoms with van der Waals surface area (Å²) in [6.07, 6.45) is 5.24. The maximum absolute atomic E-state index is 12.1. The minimum atomic E-state index is -0.185. The van der Waals surface area contributed by atoms with Gasteiger partial charge in [-0.1, -0.05) is 48.6 Å². The van der Waals surface area contributed by atoms with Crippen molar-refractivity contribution in [2.45, 2.75) is 26.4 Å². The molecule has 2 aliphatic heterocycles. The molecular formula is C25H31N3O2. The Balaban J connectivity index is 1.36. The number of fused-ring (bicyclic) bond motifs is 2. The summed E-state index contributed by atoms with van der Waals surface area (Å²) in [7, 11) is 0. The van der Waals surface area contributed by atoms with Crippen molar-refractivity contribution in [1.82, 2.24) is 9.80 Å². The van der Waals surface area contributed by atoms with E-state index in [1.807, 2.05) is 18.7 Å². The van der Waals surface area contributed by atoms with E-state index in [-0.39, 0.29) is 12.2 Å². The Morgan fingerprint density at radius 1 is 0.867 bits per heavy atom. The van der Waals surface area contributed by atoms with E-state index in [4.69, 9.17) is 4.74 Å². The van der Waals surface area contributed by atoms with Gasteiger partial charge in [0.25, 0.3) is 0 Å². The van der Waals surface area contributed by atoms with Crippen molar-refractivity contribution in [3.8, 4) is 0 Å². The lowest BCUT2D eigenvalue weighted by atomic mass is 10.1. The number of ether oxygens (including phenoxy) is 1. The van der Waals surface area contributed by atoms with Gasteiger partial charge in [-0.2, -0.15) is 0 Å². The highest BCUT2D eigenvalue weighted by molar-refractivity contribution is 5.88. The fourth-order valence-corrected chi connectivity index (χ4v) is 4.18. The van der Waals surface area contributed by atoms with Gasteiger partial charge in [-0.05, 0) is 50.1 Å². The normalized spacial score (nSPS) is 16.2. The van der Waals surface area contributed by atoms with Crippen molar-refractivity contribution in [3.05, 3.63) is 59.7 Å². The number of para-hydroxylation sites is 2. The Kier molecular flexibility index (Phi) is 6.38. The van der Waals surface area contributed by atoms with Crippen LogP contribution in [0, 0.1) is 0 Å². The summed E-state index contributed by atoms with van der Waals surface area (Å²) in [6, 6.07) is 17.2. The molecule has 5 nitrogen and oxygen atoms in total. The molecule has 1 fully saturated rings. The molecule has 0 saturated carbocycles. The summed E-state index contributed by atoms with van der Waals surface area (Å²) in [5, 5.41) is 0. The smallest absolute Gasteiger partial charge is 0.410 e. The Morgan fingerprint density at radius 2 is 1.43 bits per heavy atom. The molecule has 0 unspecified atom stereocenters. The predicted octanol–water partition coefficient (Wildman–Crippen LogP) is 4.86. The van der Waals surface area contributed by atoms with Gasteiger partial charge in [0, 0.05) is 44.1 Å². The van der Waals surface area contributed by atoms with Gasteiger partial charge < -0.3 is 14.5 Å². The first-order valence-corrected chi connectivity index (χ1v) is 10.9. The average molecular weight is 406 g/mol. The molecule has 1 amide bonds. The van der Waals surface area contributed by atoms with Gasteiger partial charge in [0.05, 0.1) is 6.10 Å². The first-order chi connectivity index (χ1) is 14.6. The maximum atomic E-state index is 12.1. The van der Waals surface area contributed by atoms with Crippen molar-refractivity contribution < 1.29 is 9.53 Å². The molecule has 0 spiro atoms. The van der Waals surface area contributed by atoms with Crippen LogP contribution in [-0.2, 0) is 4.74 Å². The van der Waals surface area contributed by atoms with E-state index in [1.54, 1.807) is 0 Å². The van der Waals surface area contributed by atoms with Gasteiger partial charge in [0.15, 0.2) is 0 Å². The van der Waals surface area contributed by atoms with Crippen LogP contribution in [0.25, 0.3) is 12.2 Å². The molecule has 30 heavy (non-hydrogen) atoms. The zero-order valence-corrected chi connectivity index (χ0v) is 18.0. The molecule has 0 atom stereocenters. The number of hydrogen-bond acceptors (Lipinski definition) is 4. The molecule has 0 N–H and O–H groups in total. The van der Waals surface area contributed by atoms with E-state index in [9.17, 15) is 4.79 Å². The fourth-order valence-electron chi connectivity index (χ4n) is 4.18. The summed E-state index contributed by atoms with van der Waals surface area (Å²) >= 11 is 0. The molecule has 0 bridgehead atoms. The van der Waals surface area contributed by atoms with Crippen LogP contribution in [0.1, 0.15) is 31.4 Å². The topological polar surface area (TPSA) is 36.0 Å². The summed E-state index contributed by atoms with van der Waals surface area (Å²) in [5.74, 6) is 0. The number of piperazine rings is 1. The maximum Gasteiger partial charge on any atom is 0.410 e. The molecule has 0 aliphatic carbocycles. The summed E-state index contributed by atoms with van der Waals surface area (Å²) in [6.45, 7) is 9.07. The third kappa shape index (κ3) is 4.68. The van der Waals surface area contributed by atoms with E-state index < -0.39 is 0 Å². The lowest BCUT2D eigenvalue weighted by Gasteiger charge is -2.35. The Morgan fingerprint density at radius 3 is 2.00 bits per heavy atom. The van der Waals surface area contributed by atoms with Gasteiger partial charge >= 0.3 is 6.09 Å². The van der Waals surface area contributed by atoms with Crippen LogP contribution in [0.5, 0.6) is 0 Å². The van der Waals surface area contributed by atoms with E-state index in [2.05, 4.69) is 70.5 Å². The minimum absolute atomic E-state index is 0.0654. The van der Waals surface area contributed by atoms with Crippen molar-refractivity contribution in [2.75, 3.05) is 44.2 Å². The quantitative estimate of drug-likeness (QED) is 0.712. The van der Waals surface area contributed by atoms with Gasteiger partial charge in [-0.3, -0.25) is 4.90 Å². The summed E-state index contributed by atoms with van der Waals surface area (Å²) < 4.78 is 5.32. The number of nitrogens with zero attached hydrogens (tertiary/aromatic N) is 3. The second kappa shape index (κ2) is 9.35. The third-order valence-electron chi connectivity index (χ3n) is 5.72. The molecule has 1 saturated heterocycles. The number of carbonyl (C=O) groups excluding carboxylic acids is 1. The Hall–Kier alpha value is -2.79. The predicted molar refractivity (Wildman–Crippen MR) is 123 cm³/mol. The van der Waals surface area contributed by atoms with Crippen molar-refractivity contribution >= 4 is 29.6 Å². The first kappa shape index (κ1) is 20.5. The zero-order chi connectivity index (χ0) is 20.9. The number of benzene rings is 2. The second-order valence-corrected chi connectivity index (χ2v) is 8.22. The monoisotopic (exact) mass is 405 g/mol. The lowest BCUT2D eigenvalue weighted by molar-refractivity contribution is 0.0571. The van der Waals surface area contributed by atoms with Crippen LogP contribution in [0.3, 0.4) is 0 Å². The summed E-state index contributed by atoms with van der Waals surface area (Å²) in [5.41, 5.74) is 5.04. The molecule has 4 rings (SSSR count). The van der Waals surface area contributed by atoms with E-state index in [0.29, 0.717) is 0 Å². The molecule has 2 heterocycles. The van der Waals surface area contributed by atoms with Crippen molar-refractivity contribution in [2.24, 2.45) is 0 Å². The van der Waals surface area contributed by atoms with E-state index in [1.165, 1.54) is 22.5 Å². The van der Waals surface area contributed by atoms with Crippen molar-refractivity contribution in [3.63, 3.8) is 0 Å². The van der Waals surface area contributed by atoms with Gasteiger partial charge in [0.2, 0.25) is 0 Å². The molecule has 2 aromatic carbocycles. The number of amides is 1. The van der Waals surface area contributed by atoms with Gasteiger partial charge in [0.1, 0.15) is 0 Å². The molecule has 5 heteroatoms. The number of rotatable bonds is 5. The Labute approximate surface area is 179 Å². The second-order valence-electron chi connectivity index (χ2n) is 8.22. The Bertz CT molecular complexity index is 851. The highest BCUT2D eigenvalue weighted by Crippen LogP contribution is 2.36. The zero-order valence-electron chi connectivity index (χ0n) is 18.0. The van der Waals surface area contributed by atoms with Crippen LogP contribution < -0.4 is 4.90 Å². The number of hydrogen-bond donors (Lipinski definition) is 0. The van der Waals surface area contributed by atoms with Crippen LogP contribution in [-0.4, -0.2) is 61.3 Å². The highest BCUT2D eigenvalue weighted by atomic mass is 16.6. The number of carbonyl (C=O) groups is 1. The highest BCUT2D eigenvalue weighted by Gasteiger charge is 2.23. The largest absolute Gasteiger partial charge is 0.447 e. The fraction of sp³-hybridized carbons (Fsp3) is 0.400. The van der Waals surface area contributed by atoms with E-state index in [0.717, 1.165) is 45.7 Å². The molecule has 0 radical (unpaired) electrons. The molecule has 158 valence electrons. The molecule has 2 aliphatic rings. The average Bonchev–Trinajstić information content (AvgIpc) is 2.91. The van der Waals surface area contributed by atoms with Gasteiger partial charge in [-0.15, -0.1) is 0 Å². The number of anilines is 2. The van der Waals surface area contributed by atoms with Crippen LogP contribution in [0.2, 0.25) is 0 Å². The minimum Gasteiger partial charge on any atom is -0.447 e. The van der Waals surface area contributed by atoms with Gasteiger partial charge in [-0.25, -0.2) is 4.79 Å². The van der Waals surface area contributed by atoms with Crippen LogP contribution in [0.4, 0.5) is 16.2 Å². The SMILES string of the molecule is CC(C)OC(=O)N1CCN(CCCN2c3ccccc3C=Cc3ccccc32)CC1. The third-order valence-corrected chi connectivity index (χ3v) is 5.72. The first-order valence-electron chi connectivity index (χ1n) is 10.9. The molecule has 0 aromatic heterocycles. The molecule has 2 aromatic rings. The van der Waals surface area contributed by atoms with Crippen LogP contribution in [0.15, 0.2) is 48.5 Å².